The molecule has 1 aliphatic carbocycles. The summed E-state index contributed by atoms with van der Waals surface area (Å²) in [6.07, 6.45) is 1.27. The normalized spacial score (nSPS) is 22.2. The van der Waals surface area contributed by atoms with E-state index in [0.29, 0.717) is 23.8 Å². The Kier molecular flexibility index (Phi) is 3.41. The first-order valence-electron chi connectivity index (χ1n) is 8.15. The van der Waals surface area contributed by atoms with Crippen LogP contribution >= 0.6 is 0 Å². The summed E-state index contributed by atoms with van der Waals surface area (Å²) in [7, 11) is 0. The van der Waals surface area contributed by atoms with Crippen molar-refractivity contribution in [2.75, 3.05) is 5.32 Å². The van der Waals surface area contributed by atoms with E-state index in [9.17, 15) is 14.9 Å². The van der Waals surface area contributed by atoms with Gasteiger partial charge in [-0.1, -0.05) is 6.92 Å². The highest BCUT2D eigenvalue weighted by atomic mass is 16.6. The van der Waals surface area contributed by atoms with Gasteiger partial charge in [0.2, 0.25) is 5.95 Å². The largest absolute Gasteiger partial charge is 0.328 e. The van der Waals surface area contributed by atoms with E-state index in [2.05, 4.69) is 22.3 Å². The van der Waals surface area contributed by atoms with Crippen LogP contribution < -0.4 is 5.32 Å². The van der Waals surface area contributed by atoms with Crippen molar-refractivity contribution in [2.24, 2.45) is 5.92 Å². The molecular weight excluding hydrogens is 322 g/mol. The SMILES string of the molecule is Cc1nc2n(n1)[C@H](c1ccc([N+](=O)[O-])cc1)C1=C(C[C@@H](C)CC1=O)N2. The van der Waals surface area contributed by atoms with Crippen LogP contribution in [0.1, 0.15) is 37.2 Å². The van der Waals surface area contributed by atoms with Crippen molar-refractivity contribution in [2.45, 2.75) is 32.7 Å². The van der Waals surface area contributed by atoms with Gasteiger partial charge in [0.15, 0.2) is 5.78 Å². The molecule has 0 saturated carbocycles. The number of non-ortho nitro benzene ring substituents is 1. The lowest BCUT2D eigenvalue weighted by molar-refractivity contribution is -0.384. The number of carbonyl (C=O) groups is 1. The third-order valence-corrected chi connectivity index (χ3v) is 4.65. The van der Waals surface area contributed by atoms with Crippen LogP contribution in [0.5, 0.6) is 0 Å². The Labute approximate surface area is 143 Å². The summed E-state index contributed by atoms with van der Waals surface area (Å²) in [6, 6.07) is 5.87. The minimum Gasteiger partial charge on any atom is -0.328 e. The molecule has 25 heavy (non-hydrogen) atoms. The zero-order valence-electron chi connectivity index (χ0n) is 13.9. The van der Waals surface area contributed by atoms with Crippen molar-refractivity contribution in [1.29, 1.82) is 0 Å². The summed E-state index contributed by atoms with van der Waals surface area (Å²) in [4.78, 5) is 27.6. The Balaban J connectivity index is 1.87. The summed E-state index contributed by atoms with van der Waals surface area (Å²) >= 11 is 0. The van der Waals surface area contributed by atoms with Gasteiger partial charge in [-0.25, -0.2) is 4.68 Å². The number of allylic oxidation sites excluding steroid dienone is 2. The lowest BCUT2D eigenvalue weighted by Gasteiger charge is -2.34. The molecule has 0 spiro atoms. The monoisotopic (exact) mass is 339 g/mol. The van der Waals surface area contributed by atoms with Crippen LogP contribution in [0, 0.1) is 23.0 Å². The Morgan fingerprint density at radius 3 is 2.68 bits per heavy atom. The Morgan fingerprint density at radius 1 is 1.28 bits per heavy atom. The molecule has 0 amide bonds. The number of rotatable bonds is 2. The molecule has 0 unspecified atom stereocenters. The first-order chi connectivity index (χ1) is 11.9. The van der Waals surface area contributed by atoms with E-state index in [0.717, 1.165) is 17.7 Å². The fraction of sp³-hybridized carbons (Fsp3) is 0.353. The number of benzene rings is 1. The maximum Gasteiger partial charge on any atom is 0.269 e. The molecule has 1 aliphatic heterocycles. The van der Waals surface area contributed by atoms with Crippen molar-refractivity contribution in [3.8, 4) is 0 Å². The average Bonchev–Trinajstić information content (AvgIpc) is 2.92. The van der Waals surface area contributed by atoms with Crippen LogP contribution in [-0.2, 0) is 4.79 Å². The first-order valence-corrected chi connectivity index (χ1v) is 8.15. The number of fused-ring (bicyclic) bond motifs is 1. The van der Waals surface area contributed by atoms with Crippen LogP contribution in [-0.4, -0.2) is 25.5 Å². The number of Topliss-reactive ketones (excluding diaryl/α,β-unsaturated/α-hetero) is 1. The van der Waals surface area contributed by atoms with Crippen molar-refractivity contribution in [1.82, 2.24) is 14.8 Å². The van der Waals surface area contributed by atoms with Gasteiger partial charge in [0.1, 0.15) is 11.9 Å². The van der Waals surface area contributed by atoms with E-state index in [1.165, 1.54) is 12.1 Å². The summed E-state index contributed by atoms with van der Waals surface area (Å²) in [5, 5.41) is 18.6. The van der Waals surface area contributed by atoms with Crippen molar-refractivity contribution in [3.05, 3.63) is 57.0 Å². The maximum absolute atomic E-state index is 12.7. The van der Waals surface area contributed by atoms with Crippen LogP contribution in [0.4, 0.5) is 11.6 Å². The number of nitro benzene ring substituents is 1. The van der Waals surface area contributed by atoms with Crippen LogP contribution in [0.25, 0.3) is 0 Å². The topological polar surface area (TPSA) is 103 Å². The second-order valence-corrected chi connectivity index (χ2v) is 6.63. The van der Waals surface area contributed by atoms with E-state index >= 15 is 0 Å². The fourth-order valence-corrected chi connectivity index (χ4v) is 3.60. The maximum atomic E-state index is 12.7. The van der Waals surface area contributed by atoms with E-state index < -0.39 is 11.0 Å². The second kappa shape index (κ2) is 5.51. The molecule has 0 fully saturated rings. The third-order valence-electron chi connectivity index (χ3n) is 4.65. The number of nitrogens with zero attached hydrogens (tertiary/aromatic N) is 4. The van der Waals surface area contributed by atoms with Crippen molar-refractivity contribution < 1.29 is 9.72 Å². The molecule has 1 aromatic carbocycles. The Bertz CT molecular complexity index is 913. The van der Waals surface area contributed by atoms with E-state index in [-0.39, 0.29) is 17.4 Å². The quantitative estimate of drug-likeness (QED) is 0.666. The minimum atomic E-state index is -0.435. The molecule has 0 radical (unpaired) electrons. The summed E-state index contributed by atoms with van der Waals surface area (Å²) in [5.74, 6) is 1.56. The number of hydrogen-bond donors (Lipinski definition) is 1. The molecule has 2 heterocycles. The number of nitrogens with one attached hydrogen (secondary N) is 1. The lowest BCUT2D eigenvalue weighted by Crippen LogP contribution is -2.33. The van der Waals surface area contributed by atoms with Gasteiger partial charge in [0.05, 0.1) is 4.92 Å². The number of nitro groups is 1. The lowest BCUT2D eigenvalue weighted by atomic mass is 9.81. The van der Waals surface area contributed by atoms with E-state index in [4.69, 9.17) is 0 Å². The Morgan fingerprint density at radius 2 is 2.00 bits per heavy atom. The molecule has 0 bridgehead atoms. The van der Waals surface area contributed by atoms with E-state index in [1.54, 1.807) is 23.7 Å². The van der Waals surface area contributed by atoms with E-state index in [1.807, 2.05) is 0 Å². The highest BCUT2D eigenvalue weighted by molar-refractivity contribution is 5.99. The van der Waals surface area contributed by atoms with Gasteiger partial charge in [-0.05, 0) is 37.0 Å². The van der Waals surface area contributed by atoms with Crippen molar-refractivity contribution in [3.63, 3.8) is 0 Å². The van der Waals surface area contributed by atoms with Crippen LogP contribution in [0.3, 0.4) is 0 Å². The smallest absolute Gasteiger partial charge is 0.269 e. The first kappa shape index (κ1) is 15.5. The minimum absolute atomic E-state index is 0.0190. The number of ketones is 1. The summed E-state index contributed by atoms with van der Waals surface area (Å²) < 4.78 is 1.70. The van der Waals surface area contributed by atoms with Crippen molar-refractivity contribution >= 4 is 17.4 Å². The molecule has 1 N–H and O–H groups in total. The van der Waals surface area contributed by atoms with Gasteiger partial charge in [-0.3, -0.25) is 14.9 Å². The standard InChI is InChI=1S/C17H17N5O3/c1-9-7-13-15(14(23)8-9)16(21-17(19-13)18-10(2)20-21)11-3-5-12(6-4-11)22(24)25/h3-6,9,16H,7-8H2,1-2H3,(H,18,19,20)/t9-,16-/m1/s1. The number of aromatic nitrogens is 3. The molecule has 2 atom stereocenters. The molecule has 2 aromatic rings. The molecule has 0 saturated heterocycles. The predicted molar refractivity (Wildman–Crippen MR) is 90.0 cm³/mol. The highest BCUT2D eigenvalue weighted by Crippen LogP contribution is 2.41. The summed E-state index contributed by atoms with van der Waals surface area (Å²) in [6.45, 7) is 3.85. The summed E-state index contributed by atoms with van der Waals surface area (Å²) in [5.41, 5.74) is 2.37. The average molecular weight is 339 g/mol. The van der Waals surface area contributed by atoms with Crippen LogP contribution in [0.2, 0.25) is 0 Å². The molecule has 8 nitrogen and oxygen atoms in total. The number of hydrogen-bond acceptors (Lipinski definition) is 6. The number of aryl methyl sites for hydroxylation is 1. The number of anilines is 1. The molecular formula is C17H17N5O3. The third kappa shape index (κ3) is 2.50. The second-order valence-electron chi connectivity index (χ2n) is 6.63. The zero-order chi connectivity index (χ0) is 17.7. The van der Waals surface area contributed by atoms with Gasteiger partial charge >= 0.3 is 0 Å². The number of carbonyl (C=O) groups excluding carboxylic acids is 1. The predicted octanol–water partition coefficient (Wildman–Crippen LogP) is 2.76. The highest BCUT2D eigenvalue weighted by Gasteiger charge is 2.38. The van der Waals surface area contributed by atoms with Gasteiger partial charge in [0.25, 0.3) is 5.69 Å². The fourth-order valence-electron chi connectivity index (χ4n) is 3.60. The molecule has 1 aromatic heterocycles. The van der Waals surface area contributed by atoms with Gasteiger partial charge in [-0.15, -0.1) is 0 Å². The van der Waals surface area contributed by atoms with Gasteiger partial charge < -0.3 is 5.32 Å². The molecule has 4 rings (SSSR count). The Hall–Kier alpha value is -3.03. The van der Waals surface area contributed by atoms with Gasteiger partial charge in [-0.2, -0.15) is 10.1 Å². The zero-order valence-corrected chi connectivity index (χ0v) is 13.9. The molecule has 8 heteroatoms. The van der Waals surface area contributed by atoms with Gasteiger partial charge in [0, 0.05) is 29.8 Å². The molecule has 128 valence electrons. The van der Waals surface area contributed by atoms with Crippen LogP contribution in [0.15, 0.2) is 35.5 Å². The molecule has 2 aliphatic rings.